The summed E-state index contributed by atoms with van der Waals surface area (Å²) >= 11 is 0. The van der Waals surface area contributed by atoms with Crippen LogP contribution in [0, 0.1) is 0 Å². The maximum atomic E-state index is 3.76. The summed E-state index contributed by atoms with van der Waals surface area (Å²) in [5.41, 5.74) is 4.50. The molecule has 0 aromatic heterocycles. The molecule has 0 aromatic carbocycles. The predicted molar refractivity (Wildman–Crippen MR) is 61.9 cm³/mol. The molecule has 0 N–H and O–H groups in total. The highest BCUT2D eigenvalue weighted by Crippen LogP contribution is 2.18. The van der Waals surface area contributed by atoms with Crippen molar-refractivity contribution in [3.8, 4) is 0 Å². The van der Waals surface area contributed by atoms with Crippen LogP contribution in [-0.2, 0) is 0 Å². The van der Waals surface area contributed by atoms with Gasteiger partial charge >= 0.3 is 0 Å². The summed E-state index contributed by atoms with van der Waals surface area (Å²) in [4.78, 5) is 0. The van der Waals surface area contributed by atoms with E-state index in [1.54, 1.807) is 0 Å². The summed E-state index contributed by atoms with van der Waals surface area (Å²) in [6, 6.07) is 0. The molecular formula is C13H22. The van der Waals surface area contributed by atoms with E-state index in [9.17, 15) is 0 Å². The summed E-state index contributed by atoms with van der Waals surface area (Å²) in [5, 5.41) is 0. The third-order valence-electron chi connectivity index (χ3n) is 2.57. The molecule has 0 heteroatoms. The lowest BCUT2D eigenvalue weighted by molar-refractivity contribution is 0.969. The molecule has 13 heavy (non-hydrogen) atoms. The van der Waals surface area contributed by atoms with Crippen molar-refractivity contribution < 1.29 is 0 Å². The Morgan fingerprint density at radius 3 is 2.23 bits per heavy atom. The Morgan fingerprint density at radius 2 is 1.85 bits per heavy atom. The first-order valence-corrected chi connectivity index (χ1v) is 5.05. The van der Waals surface area contributed by atoms with Crippen LogP contribution in [0.15, 0.2) is 35.5 Å². The summed E-state index contributed by atoms with van der Waals surface area (Å²) in [7, 11) is 0. The van der Waals surface area contributed by atoms with Gasteiger partial charge in [0.25, 0.3) is 0 Å². The third kappa shape index (κ3) is 4.72. The fourth-order valence-corrected chi connectivity index (χ4v) is 1.27. The van der Waals surface area contributed by atoms with Gasteiger partial charge in [-0.25, -0.2) is 0 Å². The minimum absolute atomic E-state index is 1.02. The zero-order valence-corrected chi connectivity index (χ0v) is 9.48. The number of hydrogen-bond donors (Lipinski definition) is 0. The van der Waals surface area contributed by atoms with Gasteiger partial charge in [-0.1, -0.05) is 35.8 Å². The SMILES string of the molecule is C=CC/C(=C/C)C/C(C)=C(\C)CC. The van der Waals surface area contributed by atoms with E-state index in [-0.39, 0.29) is 0 Å². The van der Waals surface area contributed by atoms with Gasteiger partial charge in [-0.3, -0.25) is 0 Å². The van der Waals surface area contributed by atoms with E-state index < -0.39 is 0 Å². The standard InChI is InChI=1S/C13H22/c1-6-9-13(8-3)10-12(5)11(4)7-2/h6,8H,1,7,9-10H2,2-5H3/b12-11+,13-8-. The van der Waals surface area contributed by atoms with Crippen LogP contribution in [0.3, 0.4) is 0 Å². The highest BCUT2D eigenvalue weighted by Gasteiger charge is 1.98. The first-order chi connectivity index (χ1) is 6.15. The molecule has 0 bridgehead atoms. The molecule has 0 aliphatic rings. The van der Waals surface area contributed by atoms with Crippen LogP contribution in [0.2, 0.25) is 0 Å². The van der Waals surface area contributed by atoms with Crippen LogP contribution in [0.4, 0.5) is 0 Å². The Kier molecular flexibility index (Phi) is 6.30. The van der Waals surface area contributed by atoms with E-state index in [1.165, 1.54) is 16.7 Å². The molecule has 0 fully saturated rings. The van der Waals surface area contributed by atoms with Gasteiger partial charge < -0.3 is 0 Å². The highest BCUT2D eigenvalue weighted by molar-refractivity contribution is 5.19. The molecule has 0 aliphatic carbocycles. The maximum Gasteiger partial charge on any atom is -0.0106 e. The van der Waals surface area contributed by atoms with Crippen LogP contribution in [0.25, 0.3) is 0 Å². The number of hydrogen-bond acceptors (Lipinski definition) is 0. The average Bonchev–Trinajstić information content (AvgIpc) is 2.15. The zero-order valence-electron chi connectivity index (χ0n) is 9.48. The fourth-order valence-electron chi connectivity index (χ4n) is 1.27. The number of allylic oxidation sites excluding steroid dienone is 5. The van der Waals surface area contributed by atoms with Crippen LogP contribution in [0.5, 0.6) is 0 Å². The average molecular weight is 178 g/mol. The zero-order chi connectivity index (χ0) is 10.3. The van der Waals surface area contributed by atoms with Crippen molar-refractivity contribution in [3.63, 3.8) is 0 Å². The maximum absolute atomic E-state index is 3.76. The topological polar surface area (TPSA) is 0 Å². The van der Waals surface area contributed by atoms with Crippen LogP contribution in [0.1, 0.15) is 47.0 Å². The van der Waals surface area contributed by atoms with Crippen molar-refractivity contribution in [1.29, 1.82) is 0 Å². The van der Waals surface area contributed by atoms with Crippen molar-refractivity contribution >= 4 is 0 Å². The number of rotatable bonds is 5. The van der Waals surface area contributed by atoms with Gasteiger partial charge in [0.05, 0.1) is 0 Å². The lowest BCUT2D eigenvalue weighted by atomic mass is 9.99. The van der Waals surface area contributed by atoms with Crippen molar-refractivity contribution in [2.75, 3.05) is 0 Å². The van der Waals surface area contributed by atoms with E-state index in [0.29, 0.717) is 0 Å². The molecule has 0 nitrogen and oxygen atoms in total. The van der Waals surface area contributed by atoms with Gasteiger partial charge in [-0.2, -0.15) is 0 Å². The Balaban J connectivity index is 4.33. The van der Waals surface area contributed by atoms with Crippen molar-refractivity contribution in [3.05, 3.63) is 35.5 Å². The Morgan fingerprint density at radius 1 is 1.23 bits per heavy atom. The van der Waals surface area contributed by atoms with Crippen molar-refractivity contribution in [2.24, 2.45) is 0 Å². The van der Waals surface area contributed by atoms with Gasteiger partial charge in [0, 0.05) is 0 Å². The van der Waals surface area contributed by atoms with Crippen LogP contribution < -0.4 is 0 Å². The largest absolute Gasteiger partial charge is 0.103 e. The quantitative estimate of drug-likeness (QED) is 0.538. The van der Waals surface area contributed by atoms with E-state index in [1.807, 2.05) is 6.08 Å². The molecule has 0 heterocycles. The second-order valence-electron chi connectivity index (χ2n) is 3.53. The highest BCUT2D eigenvalue weighted by atomic mass is 14.0. The molecule has 0 rings (SSSR count). The third-order valence-corrected chi connectivity index (χ3v) is 2.57. The van der Waals surface area contributed by atoms with Gasteiger partial charge in [-0.15, -0.1) is 6.58 Å². The molecule has 0 unspecified atom stereocenters. The smallest absolute Gasteiger partial charge is 0.0106 e. The van der Waals surface area contributed by atoms with Crippen LogP contribution in [-0.4, -0.2) is 0 Å². The van der Waals surface area contributed by atoms with Gasteiger partial charge in [0.15, 0.2) is 0 Å². The lowest BCUT2D eigenvalue weighted by Gasteiger charge is -2.08. The van der Waals surface area contributed by atoms with Crippen LogP contribution >= 0.6 is 0 Å². The van der Waals surface area contributed by atoms with E-state index >= 15 is 0 Å². The molecule has 0 saturated heterocycles. The summed E-state index contributed by atoms with van der Waals surface area (Å²) in [5.74, 6) is 0. The second-order valence-corrected chi connectivity index (χ2v) is 3.53. The second kappa shape index (κ2) is 6.71. The molecule has 0 saturated carbocycles. The minimum Gasteiger partial charge on any atom is -0.103 e. The van der Waals surface area contributed by atoms with Gasteiger partial charge in [0.1, 0.15) is 0 Å². The summed E-state index contributed by atoms with van der Waals surface area (Å²) < 4.78 is 0. The minimum atomic E-state index is 1.02. The summed E-state index contributed by atoms with van der Waals surface area (Å²) in [6.07, 6.45) is 7.47. The predicted octanol–water partition coefficient (Wildman–Crippen LogP) is 4.65. The Hall–Kier alpha value is -0.780. The first kappa shape index (κ1) is 12.2. The van der Waals surface area contributed by atoms with Crippen molar-refractivity contribution in [2.45, 2.75) is 47.0 Å². The summed E-state index contributed by atoms with van der Waals surface area (Å²) in [6.45, 7) is 12.5. The molecular weight excluding hydrogens is 156 g/mol. The monoisotopic (exact) mass is 178 g/mol. The first-order valence-electron chi connectivity index (χ1n) is 5.05. The fraction of sp³-hybridized carbons (Fsp3) is 0.538. The molecule has 0 aliphatic heterocycles. The molecule has 0 aromatic rings. The van der Waals surface area contributed by atoms with E-state index in [0.717, 1.165) is 19.3 Å². The molecule has 0 amide bonds. The van der Waals surface area contributed by atoms with Gasteiger partial charge in [0.2, 0.25) is 0 Å². The normalized spacial score (nSPS) is 14.0. The Bertz CT molecular complexity index is 216. The molecule has 0 radical (unpaired) electrons. The molecule has 74 valence electrons. The molecule has 0 atom stereocenters. The Labute approximate surface area is 83.0 Å². The molecule has 0 spiro atoms. The van der Waals surface area contributed by atoms with Gasteiger partial charge in [-0.05, 0) is 40.0 Å². The van der Waals surface area contributed by atoms with Crippen molar-refractivity contribution in [1.82, 2.24) is 0 Å². The lowest BCUT2D eigenvalue weighted by Crippen LogP contribution is -1.87. The van der Waals surface area contributed by atoms with E-state index in [2.05, 4.69) is 40.3 Å². The van der Waals surface area contributed by atoms with E-state index in [4.69, 9.17) is 0 Å².